The summed E-state index contributed by atoms with van der Waals surface area (Å²) >= 11 is 1.67. The van der Waals surface area contributed by atoms with Crippen molar-refractivity contribution in [3.05, 3.63) is 35.0 Å². The van der Waals surface area contributed by atoms with Crippen molar-refractivity contribution in [2.24, 2.45) is 0 Å². The summed E-state index contributed by atoms with van der Waals surface area (Å²) in [5.74, 6) is 1.85. The minimum absolute atomic E-state index is 0.0749. The van der Waals surface area contributed by atoms with Gasteiger partial charge >= 0.3 is 0 Å². The number of nitrogens with one attached hydrogen (secondary N) is 1. The van der Waals surface area contributed by atoms with Crippen LogP contribution in [0.3, 0.4) is 0 Å². The number of ether oxygens (including phenoxy) is 1. The van der Waals surface area contributed by atoms with Crippen molar-refractivity contribution in [1.29, 1.82) is 0 Å². The van der Waals surface area contributed by atoms with Crippen LogP contribution in [0.2, 0.25) is 0 Å². The summed E-state index contributed by atoms with van der Waals surface area (Å²) in [6.45, 7) is 5.26. The molecule has 0 aliphatic carbocycles. The summed E-state index contributed by atoms with van der Waals surface area (Å²) in [6.07, 6.45) is 2.04. The van der Waals surface area contributed by atoms with E-state index >= 15 is 0 Å². The molecule has 22 heavy (non-hydrogen) atoms. The largest absolute Gasteiger partial charge is 0.496 e. The Morgan fingerprint density at radius 1 is 1.36 bits per heavy atom. The van der Waals surface area contributed by atoms with Crippen molar-refractivity contribution >= 4 is 17.6 Å². The third-order valence-electron chi connectivity index (χ3n) is 3.65. The summed E-state index contributed by atoms with van der Waals surface area (Å²) < 4.78 is 7.24. The highest BCUT2D eigenvalue weighted by atomic mass is 32.2. The number of rotatable bonds is 7. The normalized spacial score (nSPS) is 10.8. The van der Waals surface area contributed by atoms with Crippen LogP contribution in [-0.4, -0.2) is 34.9 Å². The standard InChI is InChI=1S/C16H23N3O2S/c1-11-12(2)18-19(7-8-20)16(11)17-10-13-5-6-15(22-4)14(9-13)21-3/h5-6,9,17,20H,7-8,10H2,1-4H3. The molecule has 0 radical (unpaired) electrons. The van der Waals surface area contributed by atoms with Crippen molar-refractivity contribution in [2.75, 3.05) is 25.3 Å². The van der Waals surface area contributed by atoms with E-state index in [9.17, 15) is 0 Å². The van der Waals surface area contributed by atoms with Gasteiger partial charge in [0.2, 0.25) is 0 Å². The molecule has 1 aromatic heterocycles. The summed E-state index contributed by atoms with van der Waals surface area (Å²) in [7, 11) is 1.69. The van der Waals surface area contributed by atoms with E-state index in [1.54, 1.807) is 18.9 Å². The van der Waals surface area contributed by atoms with Crippen LogP contribution in [0.5, 0.6) is 5.75 Å². The molecule has 0 aliphatic rings. The highest BCUT2D eigenvalue weighted by Crippen LogP contribution is 2.29. The monoisotopic (exact) mass is 321 g/mol. The number of methoxy groups -OCH3 is 1. The Hall–Kier alpha value is -1.66. The Morgan fingerprint density at radius 2 is 2.14 bits per heavy atom. The van der Waals surface area contributed by atoms with Gasteiger partial charge in [-0.25, -0.2) is 4.68 Å². The molecule has 0 fully saturated rings. The van der Waals surface area contributed by atoms with Crippen LogP contribution in [0.25, 0.3) is 0 Å². The Labute approximate surface area is 135 Å². The molecule has 5 nitrogen and oxygen atoms in total. The number of anilines is 1. The molecule has 0 unspecified atom stereocenters. The number of thioether (sulfide) groups is 1. The number of benzene rings is 1. The number of hydrogen-bond donors (Lipinski definition) is 2. The molecule has 0 atom stereocenters. The van der Waals surface area contributed by atoms with Crippen LogP contribution in [0.1, 0.15) is 16.8 Å². The zero-order valence-electron chi connectivity index (χ0n) is 13.5. The quantitative estimate of drug-likeness (QED) is 0.768. The first kappa shape index (κ1) is 16.7. The number of aliphatic hydroxyl groups is 1. The van der Waals surface area contributed by atoms with Gasteiger partial charge < -0.3 is 15.2 Å². The van der Waals surface area contributed by atoms with Gasteiger partial charge in [-0.15, -0.1) is 11.8 Å². The van der Waals surface area contributed by atoms with Crippen LogP contribution < -0.4 is 10.1 Å². The zero-order valence-corrected chi connectivity index (χ0v) is 14.3. The van der Waals surface area contributed by atoms with E-state index in [4.69, 9.17) is 9.84 Å². The number of aryl methyl sites for hydroxylation is 1. The maximum atomic E-state index is 9.15. The molecule has 2 N–H and O–H groups in total. The van der Waals surface area contributed by atoms with Crippen LogP contribution >= 0.6 is 11.8 Å². The third-order valence-corrected chi connectivity index (χ3v) is 4.42. The second-order valence-corrected chi connectivity index (χ2v) is 5.90. The summed E-state index contributed by atoms with van der Waals surface area (Å²) in [5.41, 5.74) is 3.23. The maximum absolute atomic E-state index is 9.15. The van der Waals surface area contributed by atoms with Gasteiger partial charge in [0.1, 0.15) is 11.6 Å². The average Bonchev–Trinajstić information content (AvgIpc) is 2.79. The number of aromatic nitrogens is 2. The Bertz CT molecular complexity index is 641. The predicted octanol–water partition coefficient (Wildman–Crippen LogP) is 2.83. The molecule has 0 bridgehead atoms. The van der Waals surface area contributed by atoms with Crippen molar-refractivity contribution in [1.82, 2.24) is 9.78 Å². The van der Waals surface area contributed by atoms with Crippen molar-refractivity contribution in [3.8, 4) is 5.75 Å². The molecular formula is C16H23N3O2S. The Kier molecular flexibility index (Phi) is 5.74. The molecule has 1 aromatic carbocycles. The van der Waals surface area contributed by atoms with Crippen molar-refractivity contribution in [3.63, 3.8) is 0 Å². The van der Waals surface area contributed by atoms with Gasteiger partial charge in [0.25, 0.3) is 0 Å². The SMILES string of the molecule is COc1cc(CNc2c(C)c(C)nn2CCO)ccc1SC. The fraction of sp³-hybridized carbons (Fsp3) is 0.438. The van der Waals surface area contributed by atoms with Gasteiger partial charge in [0.15, 0.2) is 0 Å². The molecule has 0 spiro atoms. The average molecular weight is 321 g/mol. The number of hydrogen-bond acceptors (Lipinski definition) is 5. The lowest BCUT2D eigenvalue weighted by atomic mass is 10.2. The molecular weight excluding hydrogens is 298 g/mol. The highest BCUT2D eigenvalue weighted by molar-refractivity contribution is 7.98. The van der Waals surface area contributed by atoms with E-state index in [0.29, 0.717) is 13.1 Å². The molecule has 0 saturated carbocycles. The third kappa shape index (κ3) is 3.56. The highest BCUT2D eigenvalue weighted by Gasteiger charge is 2.11. The zero-order chi connectivity index (χ0) is 16.1. The summed E-state index contributed by atoms with van der Waals surface area (Å²) in [5, 5.41) is 17.0. The predicted molar refractivity (Wildman–Crippen MR) is 90.9 cm³/mol. The second kappa shape index (κ2) is 7.56. The van der Waals surface area contributed by atoms with Gasteiger partial charge in [-0.2, -0.15) is 5.10 Å². The van der Waals surface area contributed by atoms with Crippen LogP contribution in [-0.2, 0) is 13.1 Å². The smallest absolute Gasteiger partial charge is 0.132 e. The lowest BCUT2D eigenvalue weighted by molar-refractivity contribution is 0.270. The Morgan fingerprint density at radius 3 is 2.77 bits per heavy atom. The van der Waals surface area contributed by atoms with Crippen molar-refractivity contribution in [2.45, 2.75) is 31.8 Å². The first-order valence-corrected chi connectivity index (χ1v) is 8.42. The Balaban J connectivity index is 2.16. The molecule has 0 amide bonds. The molecule has 120 valence electrons. The van der Waals surface area contributed by atoms with Crippen LogP contribution in [0, 0.1) is 13.8 Å². The van der Waals surface area contributed by atoms with Gasteiger partial charge in [-0.1, -0.05) is 6.07 Å². The maximum Gasteiger partial charge on any atom is 0.132 e. The van der Waals surface area contributed by atoms with E-state index in [2.05, 4.69) is 22.5 Å². The minimum Gasteiger partial charge on any atom is -0.496 e. The van der Waals surface area contributed by atoms with Gasteiger partial charge in [0, 0.05) is 17.0 Å². The molecule has 2 rings (SSSR count). The van der Waals surface area contributed by atoms with E-state index in [1.807, 2.05) is 30.9 Å². The topological polar surface area (TPSA) is 59.3 Å². The molecule has 0 aliphatic heterocycles. The van der Waals surface area contributed by atoms with E-state index < -0.39 is 0 Å². The van der Waals surface area contributed by atoms with E-state index in [-0.39, 0.29) is 6.61 Å². The van der Waals surface area contributed by atoms with Gasteiger partial charge in [-0.3, -0.25) is 0 Å². The first-order chi connectivity index (χ1) is 10.6. The van der Waals surface area contributed by atoms with Gasteiger partial charge in [0.05, 0.1) is 26.0 Å². The molecule has 6 heteroatoms. The van der Waals surface area contributed by atoms with Crippen LogP contribution in [0.15, 0.2) is 23.1 Å². The first-order valence-electron chi connectivity index (χ1n) is 7.20. The minimum atomic E-state index is 0.0749. The molecule has 2 aromatic rings. The number of nitrogens with zero attached hydrogens (tertiary/aromatic N) is 2. The second-order valence-electron chi connectivity index (χ2n) is 5.05. The molecule has 0 saturated heterocycles. The lowest BCUT2D eigenvalue weighted by Crippen LogP contribution is -2.11. The lowest BCUT2D eigenvalue weighted by Gasteiger charge is -2.12. The van der Waals surface area contributed by atoms with Crippen molar-refractivity contribution < 1.29 is 9.84 Å². The summed E-state index contributed by atoms with van der Waals surface area (Å²) in [4.78, 5) is 1.13. The number of aliphatic hydroxyl groups excluding tert-OH is 1. The summed E-state index contributed by atoms with van der Waals surface area (Å²) in [6, 6.07) is 6.22. The van der Waals surface area contributed by atoms with Crippen LogP contribution in [0.4, 0.5) is 5.82 Å². The fourth-order valence-corrected chi connectivity index (χ4v) is 2.88. The molecule has 1 heterocycles. The van der Waals surface area contributed by atoms with Gasteiger partial charge in [-0.05, 0) is 37.8 Å². The van der Waals surface area contributed by atoms with E-state index in [1.165, 1.54) is 0 Å². The fourth-order valence-electron chi connectivity index (χ4n) is 2.33. The van der Waals surface area contributed by atoms with E-state index in [0.717, 1.165) is 33.3 Å².